The molecule has 0 radical (unpaired) electrons. The number of rotatable bonds is 6. The van der Waals surface area contributed by atoms with Crippen LogP contribution in [0.15, 0.2) is 69.9 Å². The van der Waals surface area contributed by atoms with Crippen LogP contribution in [0.2, 0.25) is 0 Å². The van der Waals surface area contributed by atoms with Gasteiger partial charge in [0.15, 0.2) is 5.16 Å². The van der Waals surface area contributed by atoms with Gasteiger partial charge in [0.05, 0.1) is 17.6 Å². The maximum atomic E-state index is 12.7. The third kappa shape index (κ3) is 4.26. The molecule has 0 saturated heterocycles. The fourth-order valence-electron chi connectivity index (χ4n) is 2.93. The molecular formula is C22H18N2O3S2. The minimum Gasteiger partial charge on any atom is -0.462 e. The zero-order chi connectivity index (χ0) is 20.2. The second-order valence-corrected chi connectivity index (χ2v) is 8.09. The van der Waals surface area contributed by atoms with Gasteiger partial charge in [-0.25, -0.2) is 9.78 Å². The monoisotopic (exact) mass is 422 g/mol. The topological polar surface area (TPSA) is 72.0 Å². The van der Waals surface area contributed by atoms with Crippen molar-refractivity contribution in [2.45, 2.75) is 17.8 Å². The average molecular weight is 423 g/mol. The van der Waals surface area contributed by atoms with E-state index in [1.807, 2.05) is 47.8 Å². The van der Waals surface area contributed by atoms with Gasteiger partial charge in [-0.1, -0.05) is 54.2 Å². The van der Waals surface area contributed by atoms with E-state index >= 15 is 0 Å². The Hall–Kier alpha value is -2.90. The first kappa shape index (κ1) is 19.4. The fourth-order valence-corrected chi connectivity index (χ4v) is 4.75. The Labute approximate surface area is 175 Å². The van der Waals surface area contributed by atoms with Crippen LogP contribution in [0.25, 0.3) is 21.3 Å². The molecule has 1 N–H and O–H groups in total. The zero-order valence-corrected chi connectivity index (χ0v) is 17.3. The molecule has 0 atom stereocenters. The number of ether oxygens (including phenoxy) is 1. The van der Waals surface area contributed by atoms with Crippen LogP contribution in [-0.4, -0.2) is 22.5 Å². The molecule has 0 amide bonds. The predicted molar refractivity (Wildman–Crippen MR) is 118 cm³/mol. The number of aromatic amines is 1. The largest absolute Gasteiger partial charge is 0.462 e. The number of carbonyl (C=O) groups is 1. The summed E-state index contributed by atoms with van der Waals surface area (Å²) in [6.07, 6.45) is 0. The van der Waals surface area contributed by atoms with Crippen molar-refractivity contribution in [1.82, 2.24) is 9.97 Å². The highest BCUT2D eigenvalue weighted by Crippen LogP contribution is 2.31. The molecule has 0 spiro atoms. The molecule has 2 aromatic carbocycles. The highest BCUT2D eigenvalue weighted by Gasteiger charge is 2.13. The normalized spacial score (nSPS) is 10.9. The minimum absolute atomic E-state index is 0.129. The average Bonchev–Trinajstić information content (AvgIpc) is 3.18. The van der Waals surface area contributed by atoms with Crippen LogP contribution in [0.4, 0.5) is 0 Å². The van der Waals surface area contributed by atoms with E-state index in [2.05, 4.69) is 9.97 Å². The Morgan fingerprint density at radius 1 is 1.14 bits per heavy atom. The van der Waals surface area contributed by atoms with E-state index in [1.165, 1.54) is 23.1 Å². The number of nitrogens with one attached hydrogen (secondary N) is 1. The standard InChI is InChI=1S/C22H18N2O3S2/c1-2-27-21(26)16-10-8-14(9-11-16)12-29-22-23-19(25)18-17(13-28-20(18)24-22)15-6-4-3-5-7-15/h3-11,13H,2,12H2,1H3,(H,23,24,25). The van der Waals surface area contributed by atoms with Gasteiger partial charge in [-0.15, -0.1) is 11.3 Å². The van der Waals surface area contributed by atoms with Crippen LogP contribution < -0.4 is 5.56 Å². The van der Waals surface area contributed by atoms with Crippen LogP contribution in [0, 0.1) is 0 Å². The molecule has 5 nitrogen and oxygen atoms in total. The number of benzene rings is 2. The number of nitrogens with zero attached hydrogens (tertiary/aromatic N) is 1. The van der Waals surface area contributed by atoms with Crippen molar-refractivity contribution < 1.29 is 9.53 Å². The van der Waals surface area contributed by atoms with Crippen LogP contribution in [0.1, 0.15) is 22.8 Å². The summed E-state index contributed by atoms with van der Waals surface area (Å²) in [4.78, 5) is 32.7. The summed E-state index contributed by atoms with van der Waals surface area (Å²) < 4.78 is 4.99. The molecular weight excluding hydrogens is 404 g/mol. The van der Waals surface area contributed by atoms with Crippen LogP contribution in [-0.2, 0) is 10.5 Å². The van der Waals surface area contributed by atoms with Gasteiger partial charge < -0.3 is 9.72 Å². The third-order valence-electron chi connectivity index (χ3n) is 4.35. The van der Waals surface area contributed by atoms with E-state index in [-0.39, 0.29) is 11.5 Å². The maximum absolute atomic E-state index is 12.7. The van der Waals surface area contributed by atoms with Crippen molar-refractivity contribution in [2.24, 2.45) is 0 Å². The molecule has 0 unspecified atom stereocenters. The van der Waals surface area contributed by atoms with Crippen molar-refractivity contribution in [3.05, 3.63) is 81.5 Å². The Balaban J connectivity index is 1.52. The highest BCUT2D eigenvalue weighted by atomic mass is 32.2. The SMILES string of the molecule is CCOC(=O)c1ccc(CSc2nc3scc(-c4ccccc4)c3c(=O)[nH]2)cc1. The molecule has 2 aromatic heterocycles. The fraction of sp³-hybridized carbons (Fsp3) is 0.136. The molecule has 0 aliphatic carbocycles. The van der Waals surface area contributed by atoms with E-state index in [4.69, 9.17) is 4.74 Å². The van der Waals surface area contributed by atoms with Gasteiger partial charge in [0.25, 0.3) is 5.56 Å². The molecule has 0 aliphatic heterocycles. The highest BCUT2D eigenvalue weighted by molar-refractivity contribution is 7.98. The van der Waals surface area contributed by atoms with Crippen LogP contribution in [0.5, 0.6) is 0 Å². The number of hydrogen-bond donors (Lipinski definition) is 1. The first-order chi connectivity index (χ1) is 14.2. The third-order valence-corrected chi connectivity index (χ3v) is 6.16. The second-order valence-electron chi connectivity index (χ2n) is 6.27. The molecule has 7 heteroatoms. The van der Waals surface area contributed by atoms with E-state index in [0.29, 0.717) is 28.5 Å². The first-order valence-electron chi connectivity index (χ1n) is 9.11. The lowest BCUT2D eigenvalue weighted by atomic mass is 10.1. The smallest absolute Gasteiger partial charge is 0.338 e. The number of aromatic nitrogens is 2. The Kier molecular flexibility index (Phi) is 5.78. The van der Waals surface area contributed by atoms with E-state index in [0.717, 1.165) is 21.5 Å². The lowest BCUT2D eigenvalue weighted by Crippen LogP contribution is -2.08. The Bertz CT molecular complexity index is 1200. The maximum Gasteiger partial charge on any atom is 0.338 e. The van der Waals surface area contributed by atoms with Gasteiger partial charge in [-0.05, 0) is 30.2 Å². The van der Waals surface area contributed by atoms with Gasteiger partial charge in [0, 0.05) is 16.7 Å². The number of carbonyl (C=O) groups excluding carboxylic acids is 1. The van der Waals surface area contributed by atoms with Crippen LogP contribution >= 0.6 is 23.1 Å². The quantitative estimate of drug-likeness (QED) is 0.265. The van der Waals surface area contributed by atoms with Crippen LogP contribution in [0.3, 0.4) is 0 Å². The van der Waals surface area contributed by atoms with Crippen molar-refractivity contribution >= 4 is 39.3 Å². The number of hydrogen-bond acceptors (Lipinski definition) is 6. The Morgan fingerprint density at radius 2 is 1.90 bits per heavy atom. The lowest BCUT2D eigenvalue weighted by molar-refractivity contribution is 0.0526. The first-order valence-corrected chi connectivity index (χ1v) is 11.0. The van der Waals surface area contributed by atoms with Crippen molar-refractivity contribution in [3.63, 3.8) is 0 Å². The van der Waals surface area contributed by atoms with E-state index in [9.17, 15) is 9.59 Å². The molecule has 0 saturated carbocycles. The van der Waals surface area contributed by atoms with Gasteiger partial charge in [-0.3, -0.25) is 4.79 Å². The summed E-state index contributed by atoms with van der Waals surface area (Å²) in [7, 11) is 0. The molecule has 0 fully saturated rings. The number of fused-ring (bicyclic) bond motifs is 1. The van der Waals surface area contributed by atoms with Gasteiger partial charge in [0.2, 0.25) is 0 Å². The molecule has 29 heavy (non-hydrogen) atoms. The minimum atomic E-state index is -0.324. The lowest BCUT2D eigenvalue weighted by Gasteiger charge is -2.05. The van der Waals surface area contributed by atoms with Crippen molar-refractivity contribution in [2.75, 3.05) is 6.61 Å². The van der Waals surface area contributed by atoms with Crippen molar-refractivity contribution in [1.29, 1.82) is 0 Å². The van der Waals surface area contributed by atoms with E-state index < -0.39 is 0 Å². The number of thiophene rings is 1. The number of thioether (sulfide) groups is 1. The molecule has 0 aliphatic rings. The molecule has 146 valence electrons. The molecule has 2 heterocycles. The van der Waals surface area contributed by atoms with Gasteiger partial charge >= 0.3 is 5.97 Å². The summed E-state index contributed by atoms with van der Waals surface area (Å²) in [6, 6.07) is 17.1. The summed E-state index contributed by atoms with van der Waals surface area (Å²) in [5, 5.41) is 3.19. The van der Waals surface area contributed by atoms with E-state index in [1.54, 1.807) is 19.1 Å². The molecule has 0 bridgehead atoms. The second kappa shape index (κ2) is 8.63. The van der Waals surface area contributed by atoms with Crippen molar-refractivity contribution in [3.8, 4) is 11.1 Å². The number of esters is 1. The predicted octanol–water partition coefficient (Wildman–Crippen LogP) is 5.12. The van der Waals surface area contributed by atoms with Gasteiger partial charge in [-0.2, -0.15) is 0 Å². The molecule has 4 aromatic rings. The zero-order valence-electron chi connectivity index (χ0n) is 15.7. The summed E-state index contributed by atoms with van der Waals surface area (Å²) in [6.45, 7) is 2.14. The van der Waals surface area contributed by atoms with Gasteiger partial charge in [0.1, 0.15) is 4.83 Å². The molecule has 4 rings (SSSR count). The summed E-state index contributed by atoms with van der Waals surface area (Å²) in [5.74, 6) is 0.309. The summed E-state index contributed by atoms with van der Waals surface area (Å²) in [5.41, 5.74) is 3.34. The number of H-pyrrole nitrogens is 1. The summed E-state index contributed by atoms with van der Waals surface area (Å²) >= 11 is 2.93. The Morgan fingerprint density at radius 3 is 2.62 bits per heavy atom.